The van der Waals surface area contributed by atoms with Crippen LogP contribution in [0.5, 0.6) is 5.75 Å². The molecule has 1 atom stereocenters. The number of anilines is 1. The van der Waals surface area contributed by atoms with Crippen LogP contribution in [-0.2, 0) is 14.3 Å². The van der Waals surface area contributed by atoms with Gasteiger partial charge < -0.3 is 19.2 Å². The van der Waals surface area contributed by atoms with Gasteiger partial charge in [-0.1, -0.05) is 36.4 Å². The molecule has 1 amide bonds. The van der Waals surface area contributed by atoms with Gasteiger partial charge in [-0.15, -0.1) is 0 Å². The molecule has 0 aliphatic heterocycles. The summed E-state index contributed by atoms with van der Waals surface area (Å²) < 4.78 is 15.6. The lowest BCUT2D eigenvalue weighted by atomic mass is 9.83. The van der Waals surface area contributed by atoms with E-state index in [1.807, 2.05) is 0 Å². The zero-order chi connectivity index (χ0) is 26.1. The molecular weight excluding hydrogens is 478 g/mol. The molecule has 1 heterocycles. The monoisotopic (exact) mass is 497 g/mol. The maximum atomic E-state index is 13.1. The number of carbonyl (C=O) groups excluding carboxylic acids is 4. The summed E-state index contributed by atoms with van der Waals surface area (Å²) >= 11 is 0. The molecule has 5 rings (SSSR count). The first kappa shape index (κ1) is 23.7. The number of ether oxygens (including phenoxy) is 2. The molecule has 9 heteroatoms. The van der Waals surface area contributed by atoms with Gasteiger partial charge in [0.2, 0.25) is 0 Å². The van der Waals surface area contributed by atoms with Crippen molar-refractivity contribution in [2.75, 3.05) is 11.9 Å². The molecule has 9 nitrogen and oxygen atoms in total. The average Bonchev–Trinajstić information content (AvgIpc) is 2.90. The molecule has 1 unspecified atom stereocenters. The van der Waals surface area contributed by atoms with Gasteiger partial charge in [-0.2, -0.15) is 0 Å². The Kier molecular flexibility index (Phi) is 6.10. The highest BCUT2D eigenvalue weighted by atomic mass is 16.6. The van der Waals surface area contributed by atoms with E-state index >= 15 is 0 Å². The van der Waals surface area contributed by atoms with Gasteiger partial charge in [-0.25, -0.2) is 9.59 Å². The summed E-state index contributed by atoms with van der Waals surface area (Å²) in [5, 5.41) is 3.27. The molecule has 4 aromatic rings. The standard InChI is InChI=1S/C28H19NO8/c1-15(36-24(31)14-35-17-11-9-16-10-12-23(30)37-22(16)13-17)28(34)29-21-8-4-7-20-25(21)27(33)19-6-3-2-5-18(19)26(20)32/h2-13,15H,14H2,1H3,(H,29,34). The van der Waals surface area contributed by atoms with Crippen LogP contribution in [0.3, 0.4) is 0 Å². The lowest BCUT2D eigenvalue weighted by Gasteiger charge is -2.21. The summed E-state index contributed by atoms with van der Waals surface area (Å²) in [5.74, 6) is -1.92. The number of nitrogens with one attached hydrogen (secondary N) is 1. The number of hydrogen-bond acceptors (Lipinski definition) is 8. The maximum absolute atomic E-state index is 13.1. The fourth-order valence-electron chi connectivity index (χ4n) is 4.04. The Morgan fingerprint density at radius 3 is 2.35 bits per heavy atom. The van der Waals surface area contributed by atoms with Crippen molar-refractivity contribution < 1.29 is 33.1 Å². The van der Waals surface area contributed by atoms with Crippen LogP contribution in [0.25, 0.3) is 11.0 Å². The molecular formula is C28H19NO8. The highest BCUT2D eigenvalue weighted by Gasteiger charge is 2.32. The Bertz CT molecular complexity index is 1650. The van der Waals surface area contributed by atoms with Crippen LogP contribution >= 0.6 is 0 Å². The number of carbonyl (C=O) groups is 4. The van der Waals surface area contributed by atoms with E-state index in [1.165, 1.54) is 31.2 Å². The lowest BCUT2D eigenvalue weighted by molar-refractivity contribution is -0.155. The molecule has 0 saturated heterocycles. The number of hydrogen-bond donors (Lipinski definition) is 1. The highest BCUT2D eigenvalue weighted by molar-refractivity contribution is 6.30. The fourth-order valence-corrected chi connectivity index (χ4v) is 4.04. The molecule has 0 bridgehead atoms. The van der Waals surface area contributed by atoms with E-state index in [1.54, 1.807) is 48.5 Å². The first-order valence-electron chi connectivity index (χ1n) is 11.3. The summed E-state index contributed by atoms with van der Waals surface area (Å²) in [4.78, 5) is 62.4. The van der Waals surface area contributed by atoms with Crippen LogP contribution in [0.2, 0.25) is 0 Å². The zero-order valence-corrected chi connectivity index (χ0v) is 19.5. The molecule has 1 aliphatic rings. The Morgan fingerprint density at radius 2 is 1.57 bits per heavy atom. The van der Waals surface area contributed by atoms with E-state index < -0.39 is 30.2 Å². The number of ketones is 2. The van der Waals surface area contributed by atoms with Crippen molar-refractivity contribution >= 4 is 40.1 Å². The highest BCUT2D eigenvalue weighted by Crippen LogP contribution is 2.32. The van der Waals surface area contributed by atoms with E-state index in [4.69, 9.17) is 13.9 Å². The molecule has 184 valence electrons. The molecule has 37 heavy (non-hydrogen) atoms. The van der Waals surface area contributed by atoms with Crippen LogP contribution in [0.15, 0.2) is 82.0 Å². The second-order valence-electron chi connectivity index (χ2n) is 8.30. The van der Waals surface area contributed by atoms with Crippen molar-refractivity contribution in [3.8, 4) is 5.75 Å². The van der Waals surface area contributed by atoms with Crippen LogP contribution in [0.1, 0.15) is 38.8 Å². The second kappa shape index (κ2) is 9.54. The third kappa shape index (κ3) is 4.62. The first-order valence-corrected chi connectivity index (χ1v) is 11.3. The van der Waals surface area contributed by atoms with Gasteiger partial charge in [-0.3, -0.25) is 14.4 Å². The Balaban J connectivity index is 1.24. The van der Waals surface area contributed by atoms with Gasteiger partial charge in [0.25, 0.3) is 5.91 Å². The first-order chi connectivity index (χ1) is 17.8. The minimum Gasteiger partial charge on any atom is -0.482 e. The molecule has 3 aromatic carbocycles. The van der Waals surface area contributed by atoms with E-state index in [-0.39, 0.29) is 39.7 Å². The van der Waals surface area contributed by atoms with Crippen molar-refractivity contribution in [1.29, 1.82) is 0 Å². The normalized spacial score (nSPS) is 12.9. The van der Waals surface area contributed by atoms with Crippen molar-refractivity contribution in [1.82, 2.24) is 0 Å². The largest absolute Gasteiger partial charge is 0.482 e. The van der Waals surface area contributed by atoms with Gasteiger partial charge in [0, 0.05) is 34.2 Å². The van der Waals surface area contributed by atoms with Gasteiger partial charge >= 0.3 is 11.6 Å². The predicted octanol–water partition coefficient (Wildman–Crippen LogP) is 3.52. The van der Waals surface area contributed by atoms with Crippen molar-refractivity contribution in [3.05, 3.63) is 105 Å². The maximum Gasteiger partial charge on any atom is 0.344 e. The van der Waals surface area contributed by atoms with E-state index in [0.29, 0.717) is 16.5 Å². The molecule has 1 aliphatic carbocycles. The van der Waals surface area contributed by atoms with Crippen molar-refractivity contribution in [2.45, 2.75) is 13.0 Å². The summed E-state index contributed by atoms with van der Waals surface area (Å²) in [6.45, 7) is 0.875. The number of benzene rings is 3. The number of esters is 1. The third-order valence-corrected chi connectivity index (χ3v) is 5.84. The minimum absolute atomic E-state index is 0.0874. The van der Waals surface area contributed by atoms with Gasteiger partial charge in [0.05, 0.1) is 11.3 Å². The van der Waals surface area contributed by atoms with Gasteiger partial charge in [0.1, 0.15) is 11.3 Å². The minimum atomic E-state index is -1.22. The van der Waals surface area contributed by atoms with Gasteiger partial charge in [0.15, 0.2) is 24.3 Å². The van der Waals surface area contributed by atoms with Crippen LogP contribution < -0.4 is 15.7 Å². The Hall–Kier alpha value is -5.05. The molecule has 0 radical (unpaired) electrons. The second-order valence-corrected chi connectivity index (χ2v) is 8.30. The number of fused-ring (bicyclic) bond motifs is 3. The molecule has 0 spiro atoms. The molecule has 0 saturated carbocycles. The van der Waals surface area contributed by atoms with Crippen LogP contribution in [-0.4, -0.2) is 36.2 Å². The van der Waals surface area contributed by atoms with E-state index in [0.717, 1.165) is 0 Å². The molecule has 1 N–H and O–H groups in total. The summed E-state index contributed by atoms with van der Waals surface area (Å²) in [6, 6.07) is 18.7. The quantitative estimate of drug-likeness (QED) is 0.279. The van der Waals surface area contributed by atoms with Crippen molar-refractivity contribution in [3.63, 3.8) is 0 Å². The van der Waals surface area contributed by atoms with Crippen LogP contribution in [0, 0.1) is 0 Å². The predicted molar refractivity (Wildman–Crippen MR) is 132 cm³/mol. The van der Waals surface area contributed by atoms with E-state index in [9.17, 15) is 24.0 Å². The summed E-state index contributed by atoms with van der Waals surface area (Å²) in [7, 11) is 0. The van der Waals surface area contributed by atoms with Crippen LogP contribution in [0.4, 0.5) is 5.69 Å². The Labute approximate surface area is 209 Å². The molecule has 1 aromatic heterocycles. The van der Waals surface area contributed by atoms with E-state index in [2.05, 4.69) is 5.32 Å². The molecule has 0 fully saturated rings. The zero-order valence-electron chi connectivity index (χ0n) is 19.5. The lowest BCUT2D eigenvalue weighted by Crippen LogP contribution is -2.32. The van der Waals surface area contributed by atoms with Gasteiger partial charge in [-0.05, 0) is 31.2 Å². The third-order valence-electron chi connectivity index (χ3n) is 5.84. The Morgan fingerprint density at radius 1 is 0.865 bits per heavy atom. The van der Waals surface area contributed by atoms with Crippen molar-refractivity contribution in [2.24, 2.45) is 0 Å². The number of amides is 1. The SMILES string of the molecule is CC(OC(=O)COc1ccc2ccc(=O)oc2c1)C(=O)Nc1cccc2c1C(=O)c1ccccc1C2=O. The smallest absolute Gasteiger partial charge is 0.344 e. The average molecular weight is 497 g/mol. The summed E-state index contributed by atoms with van der Waals surface area (Å²) in [6.07, 6.45) is -1.22. The number of rotatable bonds is 6. The summed E-state index contributed by atoms with van der Waals surface area (Å²) in [5.41, 5.74) is 0.764. The fraction of sp³-hybridized carbons (Fsp3) is 0.107. The topological polar surface area (TPSA) is 129 Å².